The Kier molecular flexibility index (Phi) is 8.67. The van der Waals surface area contributed by atoms with Gasteiger partial charge in [0.05, 0.1) is 37.1 Å². The number of hydrogen-bond acceptors (Lipinski definition) is 6. The number of ether oxygens (including phenoxy) is 3. The minimum absolute atomic E-state index is 0.153. The van der Waals surface area contributed by atoms with Crippen LogP contribution in [0.2, 0.25) is 0 Å². The van der Waals surface area contributed by atoms with Crippen LogP contribution >= 0.6 is 15.9 Å². The van der Waals surface area contributed by atoms with E-state index in [0.717, 1.165) is 28.7 Å². The summed E-state index contributed by atoms with van der Waals surface area (Å²) in [6.45, 7) is 5.99. The van der Waals surface area contributed by atoms with Gasteiger partial charge in [0.25, 0.3) is 5.91 Å². The standard InChI is InChI=1S/C22H26BrN3O4/c1-2-29-20-13-18(14-24-25-21(27)15-26-8-10-28-11-9-26)12-19(23)22(20)30-16-17-6-4-3-5-7-17/h3-7,12-14H,2,8-11,15-16H2,1H3,(H,25,27)/b24-14-. The van der Waals surface area contributed by atoms with Crippen molar-refractivity contribution in [1.82, 2.24) is 10.3 Å². The molecule has 0 aliphatic carbocycles. The minimum Gasteiger partial charge on any atom is -0.490 e. The topological polar surface area (TPSA) is 72.4 Å². The highest BCUT2D eigenvalue weighted by molar-refractivity contribution is 9.10. The zero-order valence-electron chi connectivity index (χ0n) is 17.0. The summed E-state index contributed by atoms with van der Waals surface area (Å²) >= 11 is 3.56. The molecule has 1 heterocycles. The summed E-state index contributed by atoms with van der Waals surface area (Å²) in [4.78, 5) is 14.1. The summed E-state index contributed by atoms with van der Waals surface area (Å²) in [5, 5.41) is 4.07. The molecule has 3 rings (SSSR count). The molecule has 1 saturated heterocycles. The second-order valence-corrected chi connectivity index (χ2v) is 7.57. The Morgan fingerprint density at radius 3 is 2.73 bits per heavy atom. The Morgan fingerprint density at radius 1 is 1.23 bits per heavy atom. The van der Waals surface area contributed by atoms with E-state index in [-0.39, 0.29) is 5.91 Å². The van der Waals surface area contributed by atoms with E-state index >= 15 is 0 Å². The number of carbonyl (C=O) groups excluding carboxylic acids is 1. The van der Waals surface area contributed by atoms with Gasteiger partial charge in [-0.15, -0.1) is 0 Å². The normalized spacial score (nSPS) is 14.6. The molecule has 2 aromatic carbocycles. The van der Waals surface area contributed by atoms with Crippen molar-refractivity contribution in [3.05, 3.63) is 58.1 Å². The van der Waals surface area contributed by atoms with Crippen molar-refractivity contribution in [2.24, 2.45) is 5.10 Å². The summed E-state index contributed by atoms with van der Waals surface area (Å²) in [6.07, 6.45) is 1.59. The number of nitrogens with one attached hydrogen (secondary N) is 1. The number of nitrogens with zero attached hydrogens (tertiary/aromatic N) is 2. The summed E-state index contributed by atoms with van der Waals surface area (Å²) < 4.78 is 17.8. The lowest BCUT2D eigenvalue weighted by Crippen LogP contribution is -2.42. The number of hydrogen-bond donors (Lipinski definition) is 1. The largest absolute Gasteiger partial charge is 0.490 e. The fourth-order valence-corrected chi connectivity index (χ4v) is 3.55. The van der Waals surface area contributed by atoms with Gasteiger partial charge < -0.3 is 14.2 Å². The molecule has 1 aliphatic heterocycles. The number of benzene rings is 2. The molecule has 7 nitrogen and oxygen atoms in total. The molecule has 1 fully saturated rings. The summed E-state index contributed by atoms with van der Waals surface area (Å²) in [7, 11) is 0. The lowest BCUT2D eigenvalue weighted by Gasteiger charge is -2.25. The van der Waals surface area contributed by atoms with Crippen LogP contribution in [-0.4, -0.2) is 56.5 Å². The van der Waals surface area contributed by atoms with Gasteiger partial charge in [0, 0.05) is 13.1 Å². The maximum absolute atomic E-state index is 12.1. The molecule has 30 heavy (non-hydrogen) atoms. The molecule has 2 aromatic rings. The maximum atomic E-state index is 12.1. The third-order valence-corrected chi connectivity index (χ3v) is 5.02. The van der Waals surface area contributed by atoms with Crippen molar-refractivity contribution in [2.75, 3.05) is 39.5 Å². The third-order valence-electron chi connectivity index (χ3n) is 4.43. The van der Waals surface area contributed by atoms with Crippen molar-refractivity contribution >= 4 is 28.1 Å². The van der Waals surface area contributed by atoms with E-state index in [4.69, 9.17) is 14.2 Å². The average Bonchev–Trinajstić information content (AvgIpc) is 2.75. The van der Waals surface area contributed by atoms with E-state index in [2.05, 4.69) is 26.5 Å². The van der Waals surface area contributed by atoms with E-state index in [0.29, 0.717) is 44.5 Å². The molecule has 1 aliphatic rings. The van der Waals surface area contributed by atoms with E-state index in [1.54, 1.807) is 6.21 Å². The van der Waals surface area contributed by atoms with Crippen LogP contribution in [0.4, 0.5) is 0 Å². The van der Waals surface area contributed by atoms with Crippen LogP contribution in [0.15, 0.2) is 52.0 Å². The second kappa shape index (κ2) is 11.7. The quantitative estimate of drug-likeness (QED) is 0.445. The van der Waals surface area contributed by atoms with Crippen molar-refractivity contribution in [3.8, 4) is 11.5 Å². The number of halogens is 1. The predicted molar refractivity (Wildman–Crippen MR) is 119 cm³/mol. The molecule has 1 N–H and O–H groups in total. The Bertz CT molecular complexity index is 855. The molecule has 0 aromatic heterocycles. The molecule has 160 valence electrons. The predicted octanol–water partition coefficient (Wildman–Crippen LogP) is 3.21. The number of carbonyl (C=O) groups is 1. The molecule has 0 unspecified atom stereocenters. The number of morpholine rings is 1. The number of hydrazone groups is 1. The van der Waals surface area contributed by atoms with Gasteiger partial charge in [-0.2, -0.15) is 5.10 Å². The van der Waals surface area contributed by atoms with Crippen molar-refractivity contribution in [3.63, 3.8) is 0 Å². The molecule has 1 amide bonds. The molecule has 0 spiro atoms. The van der Waals surface area contributed by atoms with Crippen molar-refractivity contribution in [2.45, 2.75) is 13.5 Å². The van der Waals surface area contributed by atoms with E-state index in [9.17, 15) is 4.79 Å². The first-order chi connectivity index (χ1) is 14.7. The molecule has 8 heteroatoms. The van der Waals surface area contributed by atoms with Crippen LogP contribution < -0.4 is 14.9 Å². The monoisotopic (exact) mass is 475 g/mol. The molecule has 0 radical (unpaired) electrons. The van der Waals surface area contributed by atoms with Crippen molar-refractivity contribution in [1.29, 1.82) is 0 Å². The number of amides is 1. The Morgan fingerprint density at radius 2 is 2.00 bits per heavy atom. The summed E-state index contributed by atoms with van der Waals surface area (Å²) in [5.74, 6) is 1.10. The Hall–Kier alpha value is -2.42. The summed E-state index contributed by atoms with van der Waals surface area (Å²) in [5.41, 5.74) is 4.42. The SMILES string of the molecule is CCOc1cc(/C=N\NC(=O)CN2CCOCC2)cc(Br)c1OCc1ccccc1. The van der Waals surface area contributed by atoms with Gasteiger partial charge in [-0.25, -0.2) is 5.43 Å². The van der Waals surface area contributed by atoms with Gasteiger partial charge in [-0.3, -0.25) is 9.69 Å². The van der Waals surface area contributed by atoms with Crippen LogP contribution in [-0.2, 0) is 16.1 Å². The third kappa shape index (κ3) is 6.83. The molecule has 0 atom stereocenters. The number of rotatable bonds is 9. The lowest BCUT2D eigenvalue weighted by atomic mass is 10.2. The van der Waals surface area contributed by atoms with E-state index in [1.165, 1.54) is 0 Å². The Labute approximate surface area is 185 Å². The first-order valence-corrected chi connectivity index (χ1v) is 10.7. The zero-order chi connectivity index (χ0) is 21.2. The molecular formula is C22H26BrN3O4. The first kappa shape index (κ1) is 22.3. The smallest absolute Gasteiger partial charge is 0.254 e. The van der Waals surface area contributed by atoms with Crippen molar-refractivity contribution < 1.29 is 19.0 Å². The van der Waals surface area contributed by atoms with E-state index < -0.39 is 0 Å². The van der Waals surface area contributed by atoms with Gasteiger partial charge in [-0.1, -0.05) is 30.3 Å². The summed E-state index contributed by atoms with van der Waals surface area (Å²) in [6, 6.07) is 13.7. The van der Waals surface area contributed by atoms with Crippen LogP contribution in [0.5, 0.6) is 11.5 Å². The molecule has 0 bridgehead atoms. The van der Waals surface area contributed by atoms with Crippen LogP contribution in [0, 0.1) is 0 Å². The van der Waals surface area contributed by atoms with Crippen LogP contribution in [0.25, 0.3) is 0 Å². The van der Waals surface area contributed by atoms with Gasteiger partial charge >= 0.3 is 0 Å². The lowest BCUT2D eigenvalue weighted by molar-refractivity contribution is -0.123. The highest BCUT2D eigenvalue weighted by Gasteiger charge is 2.14. The fraction of sp³-hybridized carbons (Fsp3) is 0.364. The van der Waals surface area contributed by atoms with Crippen LogP contribution in [0.3, 0.4) is 0 Å². The highest BCUT2D eigenvalue weighted by atomic mass is 79.9. The fourth-order valence-electron chi connectivity index (χ4n) is 2.97. The zero-order valence-corrected chi connectivity index (χ0v) is 18.6. The van der Waals surface area contributed by atoms with Crippen LogP contribution in [0.1, 0.15) is 18.1 Å². The van der Waals surface area contributed by atoms with Gasteiger partial charge in [-0.05, 0) is 46.1 Å². The average molecular weight is 476 g/mol. The molecule has 0 saturated carbocycles. The minimum atomic E-state index is -0.153. The highest BCUT2D eigenvalue weighted by Crippen LogP contribution is 2.37. The Balaban J connectivity index is 1.61. The molecular weight excluding hydrogens is 450 g/mol. The van der Waals surface area contributed by atoms with Gasteiger partial charge in [0.2, 0.25) is 0 Å². The van der Waals surface area contributed by atoms with Gasteiger partial charge in [0.1, 0.15) is 6.61 Å². The maximum Gasteiger partial charge on any atom is 0.254 e. The van der Waals surface area contributed by atoms with E-state index in [1.807, 2.05) is 54.3 Å². The first-order valence-electron chi connectivity index (χ1n) is 9.90. The second-order valence-electron chi connectivity index (χ2n) is 6.72. The van der Waals surface area contributed by atoms with Gasteiger partial charge in [0.15, 0.2) is 11.5 Å².